The molecule has 36 heavy (non-hydrogen) atoms. The summed E-state index contributed by atoms with van der Waals surface area (Å²) in [5.41, 5.74) is -0.495. The number of fused-ring (bicyclic) bond motifs is 1. The fourth-order valence-corrected chi connectivity index (χ4v) is 5.53. The van der Waals surface area contributed by atoms with Crippen molar-refractivity contribution in [2.75, 3.05) is 19.8 Å². The van der Waals surface area contributed by atoms with Gasteiger partial charge in [0.2, 0.25) is 0 Å². The van der Waals surface area contributed by atoms with Crippen molar-refractivity contribution < 1.29 is 33.3 Å². The van der Waals surface area contributed by atoms with E-state index < -0.39 is 33.8 Å². The summed E-state index contributed by atoms with van der Waals surface area (Å²) in [6.07, 6.45) is 1.97. The summed E-state index contributed by atoms with van der Waals surface area (Å²) in [6, 6.07) is 12.9. The number of nitrogens with one attached hydrogen (secondary N) is 1. The Labute approximate surface area is 211 Å². The van der Waals surface area contributed by atoms with Crippen molar-refractivity contribution in [2.45, 2.75) is 30.9 Å². The topological polar surface area (TPSA) is 88.0 Å². The number of aliphatic hydroxyl groups is 1. The first-order chi connectivity index (χ1) is 17.4. The predicted octanol–water partition coefficient (Wildman–Crippen LogP) is 4.94. The fraction of sp³-hybridized carbons (Fsp3) is 0.296. The summed E-state index contributed by atoms with van der Waals surface area (Å²) in [4.78, 5) is 12.1. The number of ether oxygens (including phenoxy) is 2. The van der Waals surface area contributed by atoms with E-state index in [0.29, 0.717) is 5.56 Å². The van der Waals surface area contributed by atoms with Gasteiger partial charge >= 0.3 is 5.97 Å². The molecular weight excluding hydrogens is 492 g/mol. The van der Waals surface area contributed by atoms with Gasteiger partial charge in [0.05, 0.1) is 23.2 Å². The largest absolute Gasteiger partial charge is 0.488 e. The number of aromatic carboxylic acids is 1. The molecule has 3 N–H and O–H groups in total. The quantitative estimate of drug-likeness (QED) is 0.413. The molecule has 2 atom stereocenters. The Kier molecular flexibility index (Phi) is 6.59. The van der Waals surface area contributed by atoms with E-state index >= 15 is 8.78 Å². The second-order valence-corrected chi connectivity index (χ2v) is 9.26. The van der Waals surface area contributed by atoms with Gasteiger partial charge in [0, 0.05) is 29.2 Å². The van der Waals surface area contributed by atoms with Gasteiger partial charge in [-0.1, -0.05) is 41.9 Å². The minimum Gasteiger partial charge on any atom is -0.488 e. The monoisotopic (exact) mass is 515 g/mol. The van der Waals surface area contributed by atoms with Crippen molar-refractivity contribution in [1.82, 2.24) is 5.32 Å². The number of carboxylic acid groups (broad SMARTS) is 1. The molecule has 2 aliphatic heterocycles. The van der Waals surface area contributed by atoms with E-state index in [-0.39, 0.29) is 48.3 Å². The predicted molar refractivity (Wildman–Crippen MR) is 130 cm³/mol. The van der Waals surface area contributed by atoms with Gasteiger partial charge in [-0.05, 0) is 37.1 Å². The van der Waals surface area contributed by atoms with E-state index in [1.165, 1.54) is 18.2 Å². The number of hydrogen-bond donors (Lipinski definition) is 3. The third-order valence-corrected chi connectivity index (χ3v) is 7.21. The molecule has 0 aromatic heterocycles. The lowest BCUT2D eigenvalue weighted by Gasteiger charge is -2.35. The molecule has 0 amide bonds. The zero-order chi connectivity index (χ0) is 25.4. The van der Waals surface area contributed by atoms with Gasteiger partial charge in [-0.3, -0.25) is 0 Å². The molecule has 2 aliphatic rings. The zero-order valence-corrected chi connectivity index (χ0v) is 19.9. The Bertz CT molecular complexity index is 1310. The summed E-state index contributed by atoms with van der Waals surface area (Å²) in [7, 11) is 0. The lowest BCUT2D eigenvalue weighted by Crippen LogP contribution is -2.48. The van der Waals surface area contributed by atoms with Gasteiger partial charge in [-0.15, -0.1) is 0 Å². The first-order valence-corrected chi connectivity index (χ1v) is 12.0. The van der Waals surface area contributed by atoms with E-state index in [0.717, 1.165) is 24.9 Å². The smallest absolute Gasteiger partial charge is 0.336 e. The molecule has 2 heterocycles. The lowest BCUT2D eigenvalue weighted by atomic mass is 9.80. The Hall–Kier alpha value is -3.20. The van der Waals surface area contributed by atoms with Crippen LogP contribution in [0.3, 0.4) is 0 Å². The first-order valence-electron chi connectivity index (χ1n) is 11.7. The molecule has 0 radical (unpaired) electrons. The molecule has 0 spiro atoms. The molecular formula is C27H24ClF2NO5. The van der Waals surface area contributed by atoms with Crippen LogP contribution in [0.2, 0.25) is 5.02 Å². The van der Waals surface area contributed by atoms with Crippen LogP contribution in [-0.2, 0) is 12.0 Å². The highest BCUT2D eigenvalue weighted by atomic mass is 35.5. The van der Waals surface area contributed by atoms with E-state index in [9.17, 15) is 9.90 Å². The standard InChI is InChI=1S/C27H24ClF2NO5/c28-24-18(29)13-20-17(14-27(36-20,21-7-4-10-31-21)15-5-2-1-3-6-15)22(24)23-16(26(33)34)8-9-19(25(23)30)35-12-11-32/h1-3,5-6,8-9,13,21,31-32H,4,7,10-12,14H2,(H,33,34). The summed E-state index contributed by atoms with van der Waals surface area (Å²) < 4.78 is 42.7. The van der Waals surface area contributed by atoms with Gasteiger partial charge in [-0.25, -0.2) is 13.6 Å². The molecule has 1 saturated heterocycles. The van der Waals surface area contributed by atoms with Crippen LogP contribution in [0, 0.1) is 11.6 Å². The Morgan fingerprint density at radius 2 is 1.97 bits per heavy atom. The molecule has 3 aromatic rings. The zero-order valence-electron chi connectivity index (χ0n) is 19.2. The van der Waals surface area contributed by atoms with Crippen LogP contribution in [0.5, 0.6) is 11.5 Å². The maximum atomic E-state index is 15.8. The van der Waals surface area contributed by atoms with Gasteiger partial charge in [0.15, 0.2) is 17.2 Å². The van der Waals surface area contributed by atoms with Crippen molar-refractivity contribution in [3.63, 3.8) is 0 Å². The first kappa shape index (κ1) is 24.5. The highest BCUT2D eigenvalue weighted by Gasteiger charge is 2.50. The number of rotatable bonds is 7. The van der Waals surface area contributed by atoms with Crippen LogP contribution in [0.25, 0.3) is 11.1 Å². The van der Waals surface area contributed by atoms with Crippen molar-refractivity contribution in [2.24, 2.45) is 0 Å². The second kappa shape index (κ2) is 9.69. The average Bonchev–Trinajstić information content (AvgIpc) is 3.54. The molecule has 6 nitrogen and oxygen atoms in total. The van der Waals surface area contributed by atoms with Gasteiger partial charge in [0.25, 0.3) is 0 Å². The van der Waals surface area contributed by atoms with Gasteiger partial charge in [-0.2, -0.15) is 0 Å². The molecule has 188 valence electrons. The molecule has 1 fully saturated rings. The van der Waals surface area contributed by atoms with E-state index in [2.05, 4.69) is 5.32 Å². The van der Waals surface area contributed by atoms with Crippen LogP contribution in [0.1, 0.15) is 34.3 Å². The summed E-state index contributed by atoms with van der Waals surface area (Å²) in [5.74, 6) is -3.36. The second-order valence-electron chi connectivity index (χ2n) is 8.88. The minimum absolute atomic E-state index is 0.0770. The number of benzene rings is 3. The van der Waals surface area contributed by atoms with Gasteiger partial charge in [0.1, 0.15) is 18.2 Å². The number of carboxylic acids is 1. The summed E-state index contributed by atoms with van der Waals surface area (Å²) in [5, 5.41) is 22.0. The number of halogens is 3. The number of carbonyl (C=O) groups is 1. The third kappa shape index (κ3) is 3.99. The van der Waals surface area contributed by atoms with E-state index in [4.69, 9.17) is 26.2 Å². The van der Waals surface area contributed by atoms with Crippen LogP contribution < -0.4 is 14.8 Å². The van der Waals surface area contributed by atoms with E-state index in [1.807, 2.05) is 30.3 Å². The Morgan fingerprint density at radius 3 is 2.64 bits per heavy atom. The van der Waals surface area contributed by atoms with Crippen molar-refractivity contribution in [1.29, 1.82) is 0 Å². The average molecular weight is 516 g/mol. The van der Waals surface area contributed by atoms with Crippen molar-refractivity contribution in [3.8, 4) is 22.6 Å². The lowest BCUT2D eigenvalue weighted by molar-refractivity contribution is 0.0539. The maximum absolute atomic E-state index is 15.8. The van der Waals surface area contributed by atoms with Crippen molar-refractivity contribution in [3.05, 3.63) is 81.9 Å². The SMILES string of the molecule is O=C(O)c1ccc(OCCO)c(F)c1-c1c(Cl)c(F)cc2c1CC(c1ccccc1)(C1CCCN1)O2. The molecule has 0 aliphatic carbocycles. The molecule has 3 aromatic carbocycles. The van der Waals surface area contributed by atoms with Gasteiger partial charge < -0.3 is 25.0 Å². The Balaban J connectivity index is 1.74. The maximum Gasteiger partial charge on any atom is 0.336 e. The number of aliphatic hydroxyl groups excluding tert-OH is 1. The highest BCUT2D eigenvalue weighted by Crippen LogP contribution is 2.52. The highest BCUT2D eigenvalue weighted by molar-refractivity contribution is 6.34. The third-order valence-electron chi connectivity index (χ3n) is 6.84. The normalized spacial score (nSPS) is 20.7. The summed E-state index contributed by atoms with van der Waals surface area (Å²) in [6.45, 7) is 0.224. The Morgan fingerprint density at radius 1 is 1.19 bits per heavy atom. The van der Waals surface area contributed by atoms with Crippen molar-refractivity contribution >= 4 is 17.6 Å². The van der Waals surface area contributed by atoms with Crippen LogP contribution in [0.4, 0.5) is 8.78 Å². The molecule has 2 unspecified atom stereocenters. The summed E-state index contributed by atoms with van der Waals surface area (Å²) >= 11 is 6.43. The van der Waals surface area contributed by atoms with Crippen LogP contribution in [-0.4, -0.2) is 42.0 Å². The van der Waals surface area contributed by atoms with Crippen LogP contribution in [0.15, 0.2) is 48.5 Å². The minimum atomic E-state index is -1.41. The fourth-order valence-electron chi connectivity index (χ4n) is 5.27. The van der Waals surface area contributed by atoms with Crippen LogP contribution >= 0.6 is 11.6 Å². The molecule has 9 heteroatoms. The molecule has 5 rings (SSSR count). The molecule has 0 saturated carbocycles. The molecule has 0 bridgehead atoms. The van der Waals surface area contributed by atoms with E-state index in [1.54, 1.807) is 0 Å². The number of hydrogen-bond acceptors (Lipinski definition) is 5.